The summed E-state index contributed by atoms with van der Waals surface area (Å²) in [5, 5.41) is 0. The van der Waals surface area contributed by atoms with Crippen LogP contribution in [0.15, 0.2) is 18.3 Å². The number of carbonyl (C=O) groups is 1. The molecule has 106 valence electrons. The van der Waals surface area contributed by atoms with E-state index in [1.165, 1.54) is 0 Å². The number of likely N-dealkylation sites (tertiary alicyclic amines) is 1. The van der Waals surface area contributed by atoms with E-state index < -0.39 is 0 Å². The Bertz CT molecular complexity index is 438. The lowest BCUT2D eigenvalue weighted by Crippen LogP contribution is -2.49. The lowest BCUT2D eigenvalue weighted by Gasteiger charge is -2.38. The van der Waals surface area contributed by atoms with Crippen LogP contribution in [0.2, 0.25) is 0 Å². The van der Waals surface area contributed by atoms with Gasteiger partial charge in [-0.3, -0.25) is 4.79 Å². The molecule has 0 aliphatic carbocycles. The summed E-state index contributed by atoms with van der Waals surface area (Å²) in [5.41, 5.74) is 6.62. The van der Waals surface area contributed by atoms with Crippen molar-refractivity contribution in [2.45, 2.75) is 45.7 Å². The van der Waals surface area contributed by atoms with E-state index in [4.69, 9.17) is 5.73 Å². The molecule has 0 radical (unpaired) electrons. The van der Waals surface area contributed by atoms with Gasteiger partial charge in [-0.2, -0.15) is 0 Å². The first-order valence-corrected chi connectivity index (χ1v) is 7.22. The van der Waals surface area contributed by atoms with Crippen molar-refractivity contribution >= 4 is 5.91 Å². The fraction of sp³-hybridized carbons (Fsp3) is 0.667. The average Bonchev–Trinajstić information content (AvgIpc) is 2.87. The first-order valence-electron chi connectivity index (χ1n) is 7.22. The molecule has 0 saturated carbocycles. The molecule has 1 saturated heterocycles. The molecular formula is C15H25N3O. The molecule has 2 atom stereocenters. The van der Waals surface area contributed by atoms with Crippen LogP contribution in [0.5, 0.6) is 0 Å². The summed E-state index contributed by atoms with van der Waals surface area (Å²) in [4.78, 5) is 14.7. The van der Waals surface area contributed by atoms with Crippen molar-refractivity contribution in [3.05, 3.63) is 24.0 Å². The summed E-state index contributed by atoms with van der Waals surface area (Å²) in [5.74, 6) is 0.788. The van der Waals surface area contributed by atoms with Gasteiger partial charge in [-0.25, -0.2) is 0 Å². The maximum absolute atomic E-state index is 12.7. The van der Waals surface area contributed by atoms with Gasteiger partial charge in [0.05, 0.1) is 0 Å². The third-order valence-corrected chi connectivity index (χ3v) is 4.07. The lowest BCUT2D eigenvalue weighted by molar-refractivity contribution is 0.0561. The van der Waals surface area contributed by atoms with E-state index in [2.05, 4.69) is 20.8 Å². The quantitative estimate of drug-likeness (QED) is 0.909. The molecule has 1 aliphatic heterocycles. The Morgan fingerprint density at radius 2 is 2.26 bits per heavy atom. The molecule has 4 heteroatoms. The van der Waals surface area contributed by atoms with Crippen LogP contribution in [0.4, 0.5) is 0 Å². The minimum Gasteiger partial charge on any atom is -0.341 e. The lowest BCUT2D eigenvalue weighted by atomic mass is 9.92. The molecule has 1 aliphatic rings. The highest BCUT2D eigenvalue weighted by Gasteiger charge is 2.30. The smallest absolute Gasteiger partial charge is 0.270 e. The van der Waals surface area contributed by atoms with E-state index in [1.807, 2.05) is 27.8 Å². The molecule has 2 rings (SSSR count). The average molecular weight is 263 g/mol. The summed E-state index contributed by atoms with van der Waals surface area (Å²) in [6.07, 6.45) is 4.07. The number of nitrogens with two attached hydrogens (primary N) is 1. The summed E-state index contributed by atoms with van der Waals surface area (Å²) < 4.78 is 2.04. The molecule has 1 aromatic rings. The Kier molecular flexibility index (Phi) is 4.30. The van der Waals surface area contributed by atoms with Crippen molar-refractivity contribution in [3.8, 4) is 0 Å². The number of hydrogen-bond donors (Lipinski definition) is 1. The van der Waals surface area contributed by atoms with Crippen molar-refractivity contribution in [2.24, 2.45) is 11.7 Å². The van der Waals surface area contributed by atoms with Gasteiger partial charge in [0.25, 0.3) is 5.91 Å². The molecule has 1 aromatic heterocycles. The third-order valence-electron chi connectivity index (χ3n) is 4.07. The van der Waals surface area contributed by atoms with Crippen molar-refractivity contribution in [1.82, 2.24) is 9.47 Å². The second-order valence-corrected chi connectivity index (χ2v) is 5.91. The third kappa shape index (κ3) is 2.84. The van der Waals surface area contributed by atoms with Gasteiger partial charge in [-0.15, -0.1) is 0 Å². The standard InChI is InChI=1S/C15H25N3O/c1-11(2)17-7-4-5-14(17)15(19)18-8-6-12(3)9-13(18)10-16/h4-5,7,11-13H,6,8-10,16H2,1-3H3. The molecule has 19 heavy (non-hydrogen) atoms. The second kappa shape index (κ2) is 5.78. The zero-order valence-corrected chi connectivity index (χ0v) is 12.2. The van der Waals surface area contributed by atoms with Crippen LogP contribution < -0.4 is 5.73 Å². The van der Waals surface area contributed by atoms with Crippen LogP contribution in [0.25, 0.3) is 0 Å². The molecule has 2 unspecified atom stereocenters. The predicted molar refractivity (Wildman–Crippen MR) is 77.1 cm³/mol. The Labute approximate surface area is 115 Å². The molecule has 2 N–H and O–H groups in total. The fourth-order valence-corrected chi connectivity index (χ4v) is 2.91. The minimum absolute atomic E-state index is 0.126. The molecular weight excluding hydrogens is 238 g/mol. The number of nitrogens with zero attached hydrogens (tertiary/aromatic N) is 2. The first kappa shape index (κ1) is 14.1. The Morgan fingerprint density at radius 3 is 2.89 bits per heavy atom. The number of aromatic nitrogens is 1. The highest BCUT2D eigenvalue weighted by molar-refractivity contribution is 5.93. The summed E-state index contributed by atoms with van der Waals surface area (Å²) >= 11 is 0. The van der Waals surface area contributed by atoms with Crippen LogP contribution in [-0.2, 0) is 0 Å². The Hall–Kier alpha value is -1.29. The van der Waals surface area contributed by atoms with Crippen molar-refractivity contribution < 1.29 is 4.79 Å². The molecule has 1 fully saturated rings. The van der Waals surface area contributed by atoms with Crippen LogP contribution in [0, 0.1) is 5.92 Å². The van der Waals surface area contributed by atoms with Crippen molar-refractivity contribution in [3.63, 3.8) is 0 Å². The van der Waals surface area contributed by atoms with Crippen LogP contribution in [-0.4, -0.2) is 34.5 Å². The highest BCUT2D eigenvalue weighted by atomic mass is 16.2. The largest absolute Gasteiger partial charge is 0.341 e. The van der Waals surface area contributed by atoms with Crippen LogP contribution >= 0.6 is 0 Å². The Morgan fingerprint density at radius 1 is 1.53 bits per heavy atom. The molecule has 2 heterocycles. The number of amides is 1. The van der Waals surface area contributed by atoms with Gasteiger partial charge in [0.2, 0.25) is 0 Å². The number of piperidine rings is 1. The fourth-order valence-electron chi connectivity index (χ4n) is 2.91. The monoisotopic (exact) mass is 263 g/mol. The van der Waals surface area contributed by atoms with Gasteiger partial charge in [0.1, 0.15) is 5.69 Å². The van der Waals surface area contributed by atoms with Crippen LogP contribution in [0.3, 0.4) is 0 Å². The predicted octanol–water partition coefficient (Wildman–Crippen LogP) is 2.27. The van der Waals surface area contributed by atoms with Gasteiger partial charge in [0, 0.05) is 31.4 Å². The summed E-state index contributed by atoms with van der Waals surface area (Å²) in [7, 11) is 0. The minimum atomic E-state index is 0.126. The summed E-state index contributed by atoms with van der Waals surface area (Å²) in [6, 6.07) is 4.34. The topological polar surface area (TPSA) is 51.3 Å². The van der Waals surface area contributed by atoms with E-state index >= 15 is 0 Å². The zero-order valence-electron chi connectivity index (χ0n) is 12.2. The van der Waals surface area contributed by atoms with E-state index in [0.29, 0.717) is 18.5 Å². The molecule has 0 spiro atoms. The second-order valence-electron chi connectivity index (χ2n) is 5.91. The molecule has 0 bridgehead atoms. The van der Waals surface area contributed by atoms with Crippen molar-refractivity contribution in [1.29, 1.82) is 0 Å². The van der Waals surface area contributed by atoms with Gasteiger partial charge in [0.15, 0.2) is 0 Å². The van der Waals surface area contributed by atoms with Crippen LogP contribution in [0.1, 0.15) is 50.1 Å². The van der Waals surface area contributed by atoms with Gasteiger partial charge >= 0.3 is 0 Å². The maximum atomic E-state index is 12.7. The van der Waals surface area contributed by atoms with Gasteiger partial charge in [-0.05, 0) is 44.7 Å². The number of hydrogen-bond acceptors (Lipinski definition) is 2. The SMILES string of the molecule is CC1CCN(C(=O)c2cccn2C(C)C)C(CN)C1. The van der Waals surface area contributed by atoms with E-state index in [9.17, 15) is 4.79 Å². The van der Waals surface area contributed by atoms with Gasteiger partial charge < -0.3 is 15.2 Å². The zero-order chi connectivity index (χ0) is 14.0. The molecule has 4 nitrogen and oxygen atoms in total. The number of rotatable bonds is 3. The highest BCUT2D eigenvalue weighted by Crippen LogP contribution is 2.24. The Balaban J connectivity index is 2.20. The summed E-state index contributed by atoms with van der Waals surface area (Å²) in [6.45, 7) is 7.80. The van der Waals surface area contributed by atoms with E-state index in [1.54, 1.807) is 0 Å². The maximum Gasteiger partial charge on any atom is 0.270 e. The van der Waals surface area contributed by atoms with E-state index in [0.717, 1.165) is 25.1 Å². The molecule has 1 amide bonds. The van der Waals surface area contributed by atoms with Crippen molar-refractivity contribution in [2.75, 3.05) is 13.1 Å². The number of carbonyl (C=O) groups excluding carboxylic acids is 1. The van der Waals surface area contributed by atoms with E-state index in [-0.39, 0.29) is 11.9 Å². The van der Waals surface area contributed by atoms with Gasteiger partial charge in [-0.1, -0.05) is 6.92 Å². The normalized spacial score (nSPS) is 23.9. The molecule has 0 aromatic carbocycles. The first-order chi connectivity index (χ1) is 9.04.